The molecule has 0 saturated heterocycles. The third kappa shape index (κ3) is 2.50. The van der Waals surface area contributed by atoms with Gasteiger partial charge in [0.05, 0.1) is 11.4 Å². The number of aromatic nitrogens is 1. The summed E-state index contributed by atoms with van der Waals surface area (Å²) < 4.78 is 10.9. The highest BCUT2D eigenvalue weighted by molar-refractivity contribution is 7.19. The van der Waals surface area contributed by atoms with E-state index in [2.05, 4.69) is 15.2 Å². The summed E-state index contributed by atoms with van der Waals surface area (Å²) in [4.78, 5) is 4.09. The molecule has 19 heavy (non-hydrogen) atoms. The number of fused-ring (bicyclic) bond motifs is 1. The van der Waals surface area contributed by atoms with E-state index in [0.717, 1.165) is 11.4 Å². The van der Waals surface area contributed by atoms with Crippen LogP contribution in [0.1, 0.15) is 5.69 Å². The van der Waals surface area contributed by atoms with Crippen molar-refractivity contribution in [1.82, 2.24) is 4.98 Å². The molecule has 0 aliphatic carbocycles. The first kappa shape index (κ1) is 11.9. The minimum absolute atomic E-state index is 0.494. The van der Waals surface area contributed by atoms with Crippen LogP contribution in [0.4, 0.5) is 15.8 Å². The summed E-state index contributed by atoms with van der Waals surface area (Å²) in [5.74, 6) is 1.44. The zero-order valence-electron chi connectivity index (χ0n) is 10.3. The third-order valence-corrected chi connectivity index (χ3v) is 3.44. The van der Waals surface area contributed by atoms with Crippen LogP contribution in [0.15, 0.2) is 28.4 Å². The molecule has 2 aromatic rings. The Morgan fingerprint density at radius 1 is 1.21 bits per heavy atom. The smallest absolute Gasteiger partial charge is 0.182 e. The fourth-order valence-electron chi connectivity index (χ4n) is 1.70. The van der Waals surface area contributed by atoms with Crippen LogP contribution < -0.4 is 15.2 Å². The van der Waals surface area contributed by atoms with Crippen molar-refractivity contribution < 1.29 is 9.47 Å². The number of hydrogen-bond donors (Lipinski definition) is 1. The van der Waals surface area contributed by atoms with E-state index in [-0.39, 0.29) is 0 Å². The van der Waals surface area contributed by atoms with Crippen molar-refractivity contribution >= 4 is 27.2 Å². The van der Waals surface area contributed by atoms with Crippen LogP contribution in [0.2, 0.25) is 0 Å². The minimum atomic E-state index is 0.494. The van der Waals surface area contributed by atoms with Gasteiger partial charge in [0.1, 0.15) is 13.2 Å². The molecule has 0 spiro atoms. The Bertz CT molecular complexity index is 639. The number of benzene rings is 1. The number of azo groups is 1. The van der Waals surface area contributed by atoms with Gasteiger partial charge in [-0.1, -0.05) is 11.3 Å². The Morgan fingerprint density at radius 2 is 2.00 bits per heavy atom. The van der Waals surface area contributed by atoms with E-state index >= 15 is 0 Å². The minimum Gasteiger partial charge on any atom is -0.486 e. The maximum absolute atomic E-state index is 5.61. The van der Waals surface area contributed by atoms with Gasteiger partial charge in [-0.25, -0.2) is 4.98 Å². The van der Waals surface area contributed by atoms with Crippen LogP contribution in [-0.2, 0) is 0 Å². The van der Waals surface area contributed by atoms with Gasteiger partial charge in [-0.05, 0) is 19.1 Å². The molecule has 0 atom stereocenters. The predicted molar refractivity (Wildman–Crippen MR) is 72.9 cm³/mol. The Balaban J connectivity index is 1.85. The molecular weight excluding hydrogens is 264 g/mol. The molecule has 1 aliphatic heterocycles. The normalized spacial score (nSPS) is 13.9. The quantitative estimate of drug-likeness (QED) is 0.854. The summed E-state index contributed by atoms with van der Waals surface area (Å²) >= 11 is 1.31. The topological polar surface area (TPSA) is 82.1 Å². The van der Waals surface area contributed by atoms with E-state index in [1.54, 1.807) is 6.07 Å². The lowest BCUT2D eigenvalue weighted by atomic mass is 10.2. The Labute approximate surface area is 113 Å². The average molecular weight is 276 g/mol. The van der Waals surface area contributed by atoms with Crippen LogP contribution in [0.25, 0.3) is 0 Å². The highest BCUT2D eigenvalue weighted by Crippen LogP contribution is 2.35. The standard InChI is InChI=1S/C12H12N4O2S/c1-7-11(19-12(13)14-7)16-15-8-2-3-9-10(6-8)18-5-4-17-9/h2-3,6H,4-5H2,1H3,(H2,13,14). The van der Waals surface area contributed by atoms with Gasteiger partial charge in [0.25, 0.3) is 0 Å². The molecule has 1 aromatic carbocycles. The van der Waals surface area contributed by atoms with Crippen LogP contribution in [0.3, 0.4) is 0 Å². The summed E-state index contributed by atoms with van der Waals surface area (Å²) in [6.45, 7) is 2.98. The maximum atomic E-state index is 5.61. The molecule has 0 fully saturated rings. The van der Waals surface area contributed by atoms with Crippen LogP contribution in [0.5, 0.6) is 11.5 Å². The number of aryl methyl sites for hydroxylation is 1. The van der Waals surface area contributed by atoms with Gasteiger partial charge < -0.3 is 15.2 Å². The summed E-state index contributed by atoms with van der Waals surface area (Å²) in [5, 5.41) is 9.52. The van der Waals surface area contributed by atoms with Crippen molar-refractivity contribution in [3.63, 3.8) is 0 Å². The molecule has 1 aliphatic rings. The highest BCUT2D eigenvalue weighted by atomic mass is 32.1. The first-order valence-corrected chi connectivity index (χ1v) is 6.58. The number of nitrogen functional groups attached to an aromatic ring is 1. The zero-order chi connectivity index (χ0) is 13.2. The number of anilines is 1. The fourth-order valence-corrected chi connectivity index (χ4v) is 2.35. The van der Waals surface area contributed by atoms with Crippen molar-refractivity contribution in [2.75, 3.05) is 18.9 Å². The van der Waals surface area contributed by atoms with Gasteiger partial charge in [-0.15, -0.1) is 10.2 Å². The molecule has 3 rings (SSSR count). The monoisotopic (exact) mass is 276 g/mol. The largest absolute Gasteiger partial charge is 0.486 e. The van der Waals surface area contributed by atoms with Crippen molar-refractivity contribution in [2.24, 2.45) is 10.2 Å². The van der Waals surface area contributed by atoms with E-state index < -0.39 is 0 Å². The van der Waals surface area contributed by atoms with Crippen molar-refractivity contribution in [1.29, 1.82) is 0 Å². The van der Waals surface area contributed by atoms with E-state index in [4.69, 9.17) is 15.2 Å². The molecule has 7 heteroatoms. The van der Waals surface area contributed by atoms with Gasteiger partial charge in [-0.3, -0.25) is 0 Å². The molecule has 98 valence electrons. The Hall–Kier alpha value is -2.15. The molecule has 2 N–H and O–H groups in total. The Morgan fingerprint density at radius 3 is 2.74 bits per heavy atom. The second-order valence-electron chi connectivity index (χ2n) is 3.97. The Kier molecular flexibility index (Phi) is 3.04. The lowest BCUT2D eigenvalue weighted by molar-refractivity contribution is 0.171. The molecule has 0 unspecified atom stereocenters. The first-order chi connectivity index (χ1) is 9.22. The fraction of sp³-hybridized carbons (Fsp3) is 0.250. The van der Waals surface area contributed by atoms with E-state index in [9.17, 15) is 0 Å². The predicted octanol–water partition coefficient (Wildman–Crippen LogP) is 3.22. The number of hydrogen-bond acceptors (Lipinski definition) is 7. The summed E-state index contributed by atoms with van der Waals surface area (Å²) in [5.41, 5.74) is 7.09. The lowest BCUT2D eigenvalue weighted by Crippen LogP contribution is -2.14. The van der Waals surface area contributed by atoms with Crippen molar-refractivity contribution in [2.45, 2.75) is 6.92 Å². The van der Waals surface area contributed by atoms with Gasteiger partial charge in [0.15, 0.2) is 21.6 Å². The summed E-state index contributed by atoms with van der Waals surface area (Å²) in [6.07, 6.45) is 0. The third-order valence-electron chi connectivity index (χ3n) is 2.57. The average Bonchev–Trinajstić information content (AvgIpc) is 2.74. The SMILES string of the molecule is Cc1nc(N)sc1N=Nc1ccc2c(c1)OCCO2. The van der Waals surface area contributed by atoms with Crippen molar-refractivity contribution in [3.05, 3.63) is 23.9 Å². The number of ether oxygens (including phenoxy) is 2. The number of thiazole rings is 1. The van der Waals surface area contributed by atoms with Crippen LogP contribution in [-0.4, -0.2) is 18.2 Å². The number of nitrogens with zero attached hydrogens (tertiary/aromatic N) is 3. The van der Waals surface area contributed by atoms with Gasteiger partial charge in [0.2, 0.25) is 0 Å². The molecule has 0 bridgehead atoms. The van der Waals surface area contributed by atoms with Gasteiger partial charge in [0, 0.05) is 6.07 Å². The van der Waals surface area contributed by atoms with E-state index in [1.807, 2.05) is 19.1 Å². The molecule has 2 heterocycles. The zero-order valence-corrected chi connectivity index (χ0v) is 11.1. The lowest BCUT2D eigenvalue weighted by Gasteiger charge is -2.17. The van der Waals surface area contributed by atoms with Crippen LogP contribution >= 0.6 is 11.3 Å². The summed E-state index contributed by atoms with van der Waals surface area (Å²) in [7, 11) is 0. The maximum Gasteiger partial charge on any atom is 0.182 e. The second-order valence-corrected chi connectivity index (χ2v) is 4.98. The molecular formula is C12H12N4O2S. The van der Waals surface area contributed by atoms with Crippen molar-refractivity contribution in [3.8, 4) is 11.5 Å². The van der Waals surface area contributed by atoms with E-state index in [0.29, 0.717) is 34.8 Å². The van der Waals surface area contributed by atoms with Gasteiger partial charge in [-0.2, -0.15) is 0 Å². The second kappa shape index (κ2) is 4.85. The van der Waals surface area contributed by atoms with Crippen LogP contribution in [0, 0.1) is 6.92 Å². The molecule has 0 radical (unpaired) electrons. The van der Waals surface area contributed by atoms with Gasteiger partial charge >= 0.3 is 0 Å². The summed E-state index contributed by atoms with van der Waals surface area (Å²) in [6, 6.07) is 5.46. The molecule has 0 amide bonds. The molecule has 1 aromatic heterocycles. The highest BCUT2D eigenvalue weighted by Gasteiger charge is 2.11. The molecule has 0 saturated carbocycles. The first-order valence-electron chi connectivity index (χ1n) is 5.76. The van der Waals surface area contributed by atoms with E-state index in [1.165, 1.54) is 11.3 Å². The number of nitrogens with two attached hydrogens (primary N) is 1. The number of rotatable bonds is 2. The molecule has 6 nitrogen and oxygen atoms in total.